The number of rotatable bonds is 6. The van der Waals surface area contributed by atoms with E-state index in [0.717, 1.165) is 22.8 Å². The summed E-state index contributed by atoms with van der Waals surface area (Å²) in [6, 6.07) is 17.1. The number of nitrogens with zero attached hydrogens (tertiary/aromatic N) is 4. The van der Waals surface area contributed by atoms with E-state index in [4.69, 9.17) is 20.5 Å². The van der Waals surface area contributed by atoms with Crippen LogP contribution in [0, 0.1) is 11.3 Å². The number of nitrogens with two attached hydrogens (primary N) is 1. The number of methoxy groups -OCH3 is 1. The molecule has 3 aromatic rings. The van der Waals surface area contributed by atoms with E-state index in [2.05, 4.69) is 9.97 Å². The Hall–Kier alpha value is -3.79. The second-order valence-corrected chi connectivity index (χ2v) is 5.86. The summed E-state index contributed by atoms with van der Waals surface area (Å²) in [5, 5.41) is 8.90. The summed E-state index contributed by atoms with van der Waals surface area (Å²) in [4.78, 5) is 10.2. The van der Waals surface area contributed by atoms with E-state index in [1.165, 1.54) is 6.20 Å². The van der Waals surface area contributed by atoms with Gasteiger partial charge in [0.15, 0.2) is 0 Å². The zero-order valence-corrected chi connectivity index (χ0v) is 15.1. The molecule has 0 amide bonds. The molecule has 2 aromatic carbocycles. The molecule has 0 radical (unpaired) electrons. The highest BCUT2D eigenvalue weighted by molar-refractivity contribution is 5.50. The van der Waals surface area contributed by atoms with Crippen molar-refractivity contribution in [1.82, 2.24) is 9.97 Å². The van der Waals surface area contributed by atoms with Crippen LogP contribution in [0.4, 0.5) is 11.8 Å². The first-order chi connectivity index (χ1) is 13.1. The molecule has 0 aliphatic heterocycles. The molecular weight excluding hydrogens is 342 g/mol. The Morgan fingerprint density at radius 3 is 2.19 bits per heavy atom. The first-order valence-electron chi connectivity index (χ1n) is 8.23. The van der Waals surface area contributed by atoms with Crippen molar-refractivity contribution in [2.24, 2.45) is 0 Å². The van der Waals surface area contributed by atoms with Gasteiger partial charge in [-0.05, 0) is 42.0 Å². The van der Waals surface area contributed by atoms with E-state index in [9.17, 15) is 0 Å². The molecular formula is C20H19N5O2. The standard InChI is InChI=1S/C20H19N5O2/c1-25(20-23-12-15(11-21)19(22)24-20)13-14-3-5-17(6-4-14)27-18-9-7-16(26-2)8-10-18/h3-10,12H,13H2,1-2H3,(H2,22,23,24). The fraction of sp³-hybridized carbons (Fsp3) is 0.150. The lowest BCUT2D eigenvalue weighted by Gasteiger charge is -2.17. The van der Waals surface area contributed by atoms with Crippen molar-refractivity contribution in [3.05, 3.63) is 65.9 Å². The molecule has 7 heteroatoms. The predicted molar refractivity (Wildman–Crippen MR) is 103 cm³/mol. The van der Waals surface area contributed by atoms with E-state index in [1.54, 1.807) is 7.11 Å². The van der Waals surface area contributed by atoms with Crippen LogP contribution < -0.4 is 20.1 Å². The van der Waals surface area contributed by atoms with Gasteiger partial charge in [0.25, 0.3) is 0 Å². The maximum absolute atomic E-state index is 8.90. The zero-order valence-electron chi connectivity index (χ0n) is 15.1. The van der Waals surface area contributed by atoms with Gasteiger partial charge in [0.2, 0.25) is 5.95 Å². The van der Waals surface area contributed by atoms with E-state index >= 15 is 0 Å². The normalized spacial score (nSPS) is 10.1. The van der Waals surface area contributed by atoms with E-state index in [-0.39, 0.29) is 11.4 Å². The van der Waals surface area contributed by atoms with E-state index in [1.807, 2.05) is 66.5 Å². The molecule has 0 aliphatic rings. The highest BCUT2D eigenvalue weighted by Gasteiger charge is 2.09. The largest absolute Gasteiger partial charge is 0.497 e. The van der Waals surface area contributed by atoms with Gasteiger partial charge in [-0.1, -0.05) is 12.1 Å². The maximum atomic E-state index is 8.90. The quantitative estimate of drug-likeness (QED) is 0.719. The molecule has 0 fully saturated rings. The fourth-order valence-corrected chi connectivity index (χ4v) is 2.44. The molecule has 136 valence electrons. The summed E-state index contributed by atoms with van der Waals surface area (Å²) >= 11 is 0. The Balaban J connectivity index is 1.64. The molecule has 0 atom stereocenters. The van der Waals surface area contributed by atoms with Crippen molar-refractivity contribution in [3.63, 3.8) is 0 Å². The van der Waals surface area contributed by atoms with Crippen LogP contribution in [0.25, 0.3) is 0 Å². The molecule has 0 spiro atoms. The summed E-state index contributed by atoms with van der Waals surface area (Å²) in [5.74, 6) is 2.90. The van der Waals surface area contributed by atoms with Gasteiger partial charge < -0.3 is 20.1 Å². The summed E-state index contributed by atoms with van der Waals surface area (Å²) in [6.07, 6.45) is 1.43. The highest BCUT2D eigenvalue weighted by Crippen LogP contribution is 2.24. The average molecular weight is 361 g/mol. The van der Waals surface area contributed by atoms with Gasteiger partial charge in [-0.3, -0.25) is 0 Å². The van der Waals surface area contributed by atoms with Gasteiger partial charge in [0.05, 0.1) is 13.3 Å². The summed E-state index contributed by atoms with van der Waals surface area (Å²) < 4.78 is 11.0. The highest BCUT2D eigenvalue weighted by atomic mass is 16.5. The average Bonchev–Trinajstić information content (AvgIpc) is 2.70. The number of nitriles is 1. The van der Waals surface area contributed by atoms with Crippen LogP contribution >= 0.6 is 0 Å². The van der Waals surface area contributed by atoms with Crippen LogP contribution in [0.15, 0.2) is 54.7 Å². The Kier molecular flexibility index (Phi) is 5.38. The van der Waals surface area contributed by atoms with Gasteiger partial charge >= 0.3 is 0 Å². The topological polar surface area (TPSA) is 97.3 Å². The minimum atomic E-state index is 0.178. The number of benzene rings is 2. The number of ether oxygens (including phenoxy) is 2. The Bertz CT molecular complexity index is 950. The Morgan fingerprint density at radius 1 is 1.04 bits per heavy atom. The van der Waals surface area contributed by atoms with Crippen molar-refractivity contribution in [2.45, 2.75) is 6.54 Å². The second-order valence-electron chi connectivity index (χ2n) is 5.86. The SMILES string of the molecule is COc1ccc(Oc2ccc(CN(C)c3ncc(C#N)c(N)n3)cc2)cc1. The number of hydrogen-bond donors (Lipinski definition) is 1. The third-order valence-electron chi connectivity index (χ3n) is 3.91. The molecule has 1 aromatic heterocycles. The minimum absolute atomic E-state index is 0.178. The summed E-state index contributed by atoms with van der Waals surface area (Å²) in [7, 11) is 3.49. The van der Waals surface area contributed by atoms with E-state index < -0.39 is 0 Å². The monoisotopic (exact) mass is 361 g/mol. The van der Waals surface area contributed by atoms with Gasteiger partial charge in [-0.2, -0.15) is 10.2 Å². The lowest BCUT2D eigenvalue weighted by atomic mass is 10.2. The van der Waals surface area contributed by atoms with Crippen molar-refractivity contribution in [3.8, 4) is 23.3 Å². The zero-order chi connectivity index (χ0) is 19.2. The van der Waals surface area contributed by atoms with Crippen LogP contribution in [0.5, 0.6) is 17.2 Å². The van der Waals surface area contributed by atoms with Crippen LogP contribution in [0.1, 0.15) is 11.1 Å². The molecule has 2 N–H and O–H groups in total. The number of hydrogen-bond acceptors (Lipinski definition) is 7. The molecule has 3 rings (SSSR count). The first kappa shape index (κ1) is 18.0. The fourth-order valence-electron chi connectivity index (χ4n) is 2.44. The molecule has 0 unspecified atom stereocenters. The molecule has 0 saturated heterocycles. The minimum Gasteiger partial charge on any atom is -0.497 e. The lowest BCUT2D eigenvalue weighted by molar-refractivity contribution is 0.413. The molecule has 0 aliphatic carbocycles. The van der Waals surface area contributed by atoms with E-state index in [0.29, 0.717) is 12.5 Å². The second kappa shape index (κ2) is 8.06. The maximum Gasteiger partial charge on any atom is 0.227 e. The smallest absolute Gasteiger partial charge is 0.227 e. The number of anilines is 2. The molecule has 7 nitrogen and oxygen atoms in total. The van der Waals surface area contributed by atoms with Crippen LogP contribution in [0.3, 0.4) is 0 Å². The van der Waals surface area contributed by atoms with Gasteiger partial charge in [0.1, 0.15) is 34.7 Å². The van der Waals surface area contributed by atoms with Crippen LogP contribution in [0.2, 0.25) is 0 Å². The third-order valence-corrected chi connectivity index (χ3v) is 3.91. The third kappa shape index (κ3) is 4.44. The molecule has 1 heterocycles. The van der Waals surface area contributed by atoms with Gasteiger partial charge in [-0.25, -0.2) is 4.98 Å². The summed E-state index contributed by atoms with van der Waals surface area (Å²) in [6.45, 7) is 0.591. The predicted octanol–water partition coefficient (Wildman–Crippen LogP) is 3.37. The van der Waals surface area contributed by atoms with Crippen molar-refractivity contribution < 1.29 is 9.47 Å². The number of aromatic nitrogens is 2. The first-order valence-corrected chi connectivity index (χ1v) is 8.23. The number of nitrogen functional groups attached to an aromatic ring is 1. The molecule has 27 heavy (non-hydrogen) atoms. The van der Waals surface area contributed by atoms with Gasteiger partial charge in [-0.15, -0.1) is 0 Å². The van der Waals surface area contributed by atoms with Gasteiger partial charge in [0, 0.05) is 13.6 Å². The van der Waals surface area contributed by atoms with Crippen molar-refractivity contribution in [1.29, 1.82) is 5.26 Å². The van der Waals surface area contributed by atoms with Crippen LogP contribution in [-0.2, 0) is 6.54 Å². The lowest BCUT2D eigenvalue weighted by Crippen LogP contribution is -2.19. The van der Waals surface area contributed by atoms with Crippen molar-refractivity contribution >= 4 is 11.8 Å². The Morgan fingerprint density at radius 2 is 1.63 bits per heavy atom. The Labute approximate surface area is 157 Å². The van der Waals surface area contributed by atoms with Crippen LogP contribution in [-0.4, -0.2) is 24.1 Å². The summed E-state index contributed by atoms with van der Waals surface area (Å²) in [5.41, 5.74) is 7.08. The molecule has 0 bridgehead atoms. The molecule has 0 saturated carbocycles. The van der Waals surface area contributed by atoms with Crippen molar-refractivity contribution in [2.75, 3.05) is 24.8 Å².